The first-order valence-corrected chi connectivity index (χ1v) is 4.57. The molecule has 2 N–H and O–H groups in total. The van der Waals surface area contributed by atoms with Gasteiger partial charge in [0.05, 0.1) is 12.7 Å². The van der Waals surface area contributed by atoms with E-state index in [1.807, 2.05) is 6.92 Å². The summed E-state index contributed by atoms with van der Waals surface area (Å²) >= 11 is 0. The number of hydrogen-bond donors (Lipinski definition) is 1. The maximum Gasteiger partial charge on any atom is 0.166 e. The molecule has 1 fully saturated rings. The highest BCUT2D eigenvalue weighted by atomic mass is 16.7. The first-order valence-electron chi connectivity index (χ1n) is 4.57. The van der Waals surface area contributed by atoms with Crippen molar-refractivity contribution in [1.82, 2.24) is 0 Å². The van der Waals surface area contributed by atoms with E-state index < -0.39 is 5.79 Å². The van der Waals surface area contributed by atoms with Gasteiger partial charge in [0, 0.05) is 13.0 Å². The van der Waals surface area contributed by atoms with Crippen LogP contribution in [0.4, 0.5) is 0 Å². The fourth-order valence-electron chi connectivity index (χ4n) is 1.65. The van der Waals surface area contributed by atoms with Gasteiger partial charge >= 0.3 is 0 Å². The molecule has 72 valence electrons. The summed E-state index contributed by atoms with van der Waals surface area (Å²) in [6.45, 7) is 7.50. The van der Waals surface area contributed by atoms with Crippen molar-refractivity contribution in [2.75, 3.05) is 13.2 Å². The van der Waals surface area contributed by atoms with Crippen LogP contribution in [0.25, 0.3) is 0 Å². The molecule has 1 aliphatic heterocycles. The normalized spacial score (nSPS) is 36.2. The third kappa shape index (κ3) is 2.44. The molecule has 0 spiro atoms. The molecule has 0 radical (unpaired) electrons. The van der Waals surface area contributed by atoms with Crippen LogP contribution >= 0.6 is 0 Å². The Kier molecular flexibility index (Phi) is 3.09. The van der Waals surface area contributed by atoms with Gasteiger partial charge in [-0.25, -0.2) is 0 Å². The van der Waals surface area contributed by atoms with Crippen molar-refractivity contribution in [2.45, 2.75) is 39.1 Å². The molecular weight excluding hydrogens is 154 g/mol. The van der Waals surface area contributed by atoms with E-state index in [9.17, 15) is 0 Å². The topological polar surface area (TPSA) is 44.5 Å². The van der Waals surface area contributed by atoms with E-state index in [-0.39, 0.29) is 6.10 Å². The van der Waals surface area contributed by atoms with Crippen molar-refractivity contribution in [3.63, 3.8) is 0 Å². The summed E-state index contributed by atoms with van der Waals surface area (Å²) in [7, 11) is 0. The fourth-order valence-corrected chi connectivity index (χ4v) is 1.65. The summed E-state index contributed by atoms with van der Waals surface area (Å²) in [5.74, 6) is 0.199. The molecule has 12 heavy (non-hydrogen) atoms. The summed E-state index contributed by atoms with van der Waals surface area (Å²) in [6, 6.07) is 0. The van der Waals surface area contributed by atoms with E-state index in [2.05, 4.69) is 13.8 Å². The third-order valence-corrected chi connectivity index (χ3v) is 2.03. The minimum absolute atomic E-state index is 0.0914. The highest BCUT2D eigenvalue weighted by Gasteiger charge is 2.36. The van der Waals surface area contributed by atoms with Crippen molar-refractivity contribution in [3.8, 4) is 0 Å². The largest absolute Gasteiger partial charge is 0.347 e. The van der Waals surface area contributed by atoms with Crippen LogP contribution in [-0.2, 0) is 9.47 Å². The van der Waals surface area contributed by atoms with E-state index in [0.29, 0.717) is 19.1 Å². The van der Waals surface area contributed by atoms with Crippen LogP contribution < -0.4 is 5.73 Å². The minimum atomic E-state index is -0.391. The number of nitrogens with two attached hydrogens (primary N) is 1. The van der Waals surface area contributed by atoms with Gasteiger partial charge in [-0.05, 0) is 12.8 Å². The van der Waals surface area contributed by atoms with E-state index in [0.717, 1.165) is 6.42 Å². The Morgan fingerprint density at radius 3 is 2.67 bits per heavy atom. The molecule has 1 rings (SSSR count). The summed E-state index contributed by atoms with van der Waals surface area (Å²) < 4.78 is 11.2. The Hall–Kier alpha value is -0.120. The number of hydrogen-bond acceptors (Lipinski definition) is 3. The van der Waals surface area contributed by atoms with Gasteiger partial charge in [0.15, 0.2) is 5.79 Å². The van der Waals surface area contributed by atoms with Crippen LogP contribution in [0.15, 0.2) is 0 Å². The van der Waals surface area contributed by atoms with Crippen molar-refractivity contribution < 1.29 is 9.47 Å². The molecule has 0 aliphatic carbocycles. The average Bonchev–Trinajstić information content (AvgIpc) is 2.30. The van der Waals surface area contributed by atoms with Gasteiger partial charge in [-0.2, -0.15) is 0 Å². The standard InChI is InChI=1S/C9H19NO2/c1-7(2)4-9(3)11-6-8(5-10)12-9/h7-8H,4-6,10H2,1-3H3. The Morgan fingerprint density at radius 2 is 2.25 bits per heavy atom. The minimum Gasteiger partial charge on any atom is -0.347 e. The van der Waals surface area contributed by atoms with Crippen molar-refractivity contribution in [3.05, 3.63) is 0 Å². The Bertz CT molecular complexity index is 149. The number of rotatable bonds is 3. The van der Waals surface area contributed by atoms with Gasteiger partial charge in [-0.15, -0.1) is 0 Å². The Morgan fingerprint density at radius 1 is 1.58 bits per heavy atom. The maximum absolute atomic E-state index is 5.66. The smallest absolute Gasteiger partial charge is 0.166 e. The second-order valence-electron chi connectivity index (χ2n) is 4.02. The van der Waals surface area contributed by atoms with Gasteiger partial charge in [0.25, 0.3) is 0 Å². The lowest BCUT2D eigenvalue weighted by atomic mass is 10.0. The van der Waals surface area contributed by atoms with E-state index in [1.165, 1.54) is 0 Å². The molecule has 2 atom stereocenters. The predicted molar refractivity (Wildman–Crippen MR) is 47.7 cm³/mol. The molecule has 1 aliphatic rings. The summed E-state index contributed by atoms with van der Waals surface area (Å²) in [6.07, 6.45) is 1.03. The highest BCUT2D eigenvalue weighted by Crippen LogP contribution is 2.29. The summed E-state index contributed by atoms with van der Waals surface area (Å²) in [4.78, 5) is 0. The molecule has 1 heterocycles. The molecule has 0 bridgehead atoms. The fraction of sp³-hybridized carbons (Fsp3) is 1.00. The second kappa shape index (κ2) is 3.73. The molecule has 0 aromatic carbocycles. The third-order valence-electron chi connectivity index (χ3n) is 2.03. The first kappa shape index (κ1) is 9.96. The van der Waals surface area contributed by atoms with Gasteiger partial charge in [-0.1, -0.05) is 13.8 Å². The Balaban J connectivity index is 2.41. The van der Waals surface area contributed by atoms with Crippen molar-refractivity contribution in [1.29, 1.82) is 0 Å². The molecule has 2 unspecified atom stereocenters. The molecule has 3 nitrogen and oxygen atoms in total. The van der Waals surface area contributed by atoms with E-state index in [4.69, 9.17) is 15.2 Å². The van der Waals surface area contributed by atoms with Crippen LogP contribution in [0.5, 0.6) is 0 Å². The van der Waals surface area contributed by atoms with Crippen molar-refractivity contribution in [2.24, 2.45) is 11.7 Å². The van der Waals surface area contributed by atoms with Crippen molar-refractivity contribution >= 4 is 0 Å². The molecule has 3 heteroatoms. The van der Waals surface area contributed by atoms with Gasteiger partial charge < -0.3 is 15.2 Å². The summed E-state index contributed by atoms with van der Waals surface area (Å²) in [5.41, 5.74) is 5.48. The molecule has 0 amide bonds. The lowest BCUT2D eigenvalue weighted by molar-refractivity contribution is -0.163. The van der Waals surface area contributed by atoms with Gasteiger partial charge in [0.1, 0.15) is 0 Å². The zero-order valence-corrected chi connectivity index (χ0v) is 8.17. The Labute approximate surface area is 74.2 Å². The SMILES string of the molecule is CC(C)CC1(C)OCC(CN)O1. The van der Waals surface area contributed by atoms with Crippen LogP contribution in [0.3, 0.4) is 0 Å². The van der Waals surface area contributed by atoms with Crippen LogP contribution in [0.2, 0.25) is 0 Å². The van der Waals surface area contributed by atoms with E-state index in [1.54, 1.807) is 0 Å². The molecular formula is C9H19NO2. The monoisotopic (exact) mass is 173 g/mol. The molecule has 0 aromatic heterocycles. The van der Waals surface area contributed by atoms with Crippen LogP contribution in [0, 0.1) is 5.92 Å². The maximum atomic E-state index is 5.66. The average molecular weight is 173 g/mol. The zero-order chi connectivity index (χ0) is 9.19. The quantitative estimate of drug-likeness (QED) is 0.695. The molecule has 1 saturated heterocycles. The summed E-state index contributed by atoms with van der Waals surface area (Å²) in [5, 5.41) is 0. The van der Waals surface area contributed by atoms with Gasteiger partial charge in [-0.3, -0.25) is 0 Å². The zero-order valence-electron chi connectivity index (χ0n) is 8.17. The lowest BCUT2D eigenvalue weighted by Crippen LogP contribution is -2.30. The molecule has 0 saturated carbocycles. The molecule has 0 aromatic rings. The van der Waals surface area contributed by atoms with Crippen LogP contribution in [-0.4, -0.2) is 25.0 Å². The lowest BCUT2D eigenvalue weighted by Gasteiger charge is -2.24. The van der Waals surface area contributed by atoms with Gasteiger partial charge in [0.2, 0.25) is 0 Å². The first-order chi connectivity index (χ1) is 5.56. The van der Waals surface area contributed by atoms with E-state index >= 15 is 0 Å². The van der Waals surface area contributed by atoms with Crippen LogP contribution in [0.1, 0.15) is 27.2 Å². The second-order valence-corrected chi connectivity index (χ2v) is 4.02. The number of ether oxygens (including phenoxy) is 2. The highest BCUT2D eigenvalue weighted by molar-refractivity contribution is 4.76. The predicted octanol–water partition coefficient (Wildman–Crippen LogP) is 1.12.